The molecule has 0 aromatic rings. The highest BCUT2D eigenvalue weighted by molar-refractivity contribution is 7.92. The van der Waals surface area contributed by atoms with E-state index in [-0.39, 0.29) is 11.9 Å². The van der Waals surface area contributed by atoms with Crippen LogP contribution in [-0.4, -0.2) is 43.2 Å². The van der Waals surface area contributed by atoms with Gasteiger partial charge in [0.15, 0.2) is 15.1 Å². The molecule has 0 radical (unpaired) electrons. The van der Waals surface area contributed by atoms with Gasteiger partial charge in [0.1, 0.15) is 0 Å². The van der Waals surface area contributed by atoms with E-state index in [2.05, 4.69) is 0 Å². The molecule has 1 fully saturated rings. The van der Waals surface area contributed by atoms with Gasteiger partial charge in [-0.3, -0.25) is 4.79 Å². The van der Waals surface area contributed by atoms with E-state index >= 15 is 0 Å². The number of hydrogen-bond acceptors (Lipinski definition) is 4. The molecule has 0 bridgehead atoms. The Morgan fingerprint density at radius 1 is 1.64 bits per heavy atom. The van der Waals surface area contributed by atoms with Crippen LogP contribution in [0.4, 0.5) is 0 Å². The van der Waals surface area contributed by atoms with E-state index in [0.29, 0.717) is 13.0 Å². The maximum Gasteiger partial charge on any atom is 0.321 e. The molecule has 1 rings (SSSR count). The number of hydrogen-bond donors (Lipinski definition) is 1. The monoisotopic (exact) mass is 222 g/mol. The van der Waals surface area contributed by atoms with Crippen molar-refractivity contribution in [3.63, 3.8) is 0 Å². The van der Waals surface area contributed by atoms with E-state index in [9.17, 15) is 13.2 Å². The molecule has 1 saturated heterocycles. The van der Waals surface area contributed by atoms with Crippen LogP contribution in [0.1, 0.15) is 19.8 Å². The van der Waals surface area contributed by atoms with E-state index in [1.165, 1.54) is 6.92 Å². The summed E-state index contributed by atoms with van der Waals surface area (Å²) >= 11 is 0. The molecule has 0 saturated carbocycles. The Kier molecular flexibility index (Phi) is 3.49. The first-order valence-corrected chi connectivity index (χ1v) is 6.21. The number of aliphatic carboxylic acids is 1. The van der Waals surface area contributed by atoms with Gasteiger partial charge >= 0.3 is 5.97 Å². The van der Waals surface area contributed by atoms with E-state index < -0.39 is 21.1 Å². The van der Waals surface area contributed by atoms with Crippen LogP contribution in [0.2, 0.25) is 0 Å². The van der Waals surface area contributed by atoms with Crippen LogP contribution in [0.25, 0.3) is 0 Å². The zero-order chi connectivity index (χ0) is 10.8. The van der Waals surface area contributed by atoms with Crippen molar-refractivity contribution in [2.45, 2.75) is 31.1 Å². The van der Waals surface area contributed by atoms with Gasteiger partial charge < -0.3 is 9.84 Å². The SMILES string of the molecule is C[C@@H](C(=O)O)S(=O)(=O)C[C@@H]1CCCO1. The van der Waals surface area contributed by atoms with E-state index in [0.717, 1.165) is 6.42 Å². The molecule has 5 nitrogen and oxygen atoms in total. The van der Waals surface area contributed by atoms with Crippen molar-refractivity contribution in [2.24, 2.45) is 0 Å². The van der Waals surface area contributed by atoms with Crippen LogP contribution < -0.4 is 0 Å². The number of carbonyl (C=O) groups is 1. The number of ether oxygens (including phenoxy) is 1. The summed E-state index contributed by atoms with van der Waals surface area (Å²) in [5.74, 6) is -1.48. The van der Waals surface area contributed by atoms with Gasteiger partial charge in [-0.15, -0.1) is 0 Å². The lowest BCUT2D eigenvalue weighted by Crippen LogP contribution is -2.33. The fourth-order valence-corrected chi connectivity index (χ4v) is 2.71. The molecule has 1 N–H and O–H groups in total. The summed E-state index contributed by atoms with van der Waals surface area (Å²) < 4.78 is 28.1. The lowest BCUT2D eigenvalue weighted by atomic mass is 10.3. The Balaban J connectivity index is 2.61. The molecule has 1 heterocycles. The molecule has 1 aliphatic rings. The van der Waals surface area contributed by atoms with Crippen LogP contribution in [-0.2, 0) is 19.4 Å². The Labute approximate surface area is 83.0 Å². The molecule has 0 aromatic heterocycles. The number of carboxylic acids is 1. The van der Waals surface area contributed by atoms with Crippen LogP contribution >= 0.6 is 0 Å². The second-order valence-electron chi connectivity index (χ2n) is 3.45. The van der Waals surface area contributed by atoms with Gasteiger partial charge in [0.25, 0.3) is 0 Å². The lowest BCUT2D eigenvalue weighted by Gasteiger charge is -2.12. The summed E-state index contributed by atoms with van der Waals surface area (Å²) in [6.07, 6.45) is 1.23. The summed E-state index contributed by atoms with van der Waals surface area (Å²) in [7, 11) is -3.57. The van der Waals surface area contributed by atoms with Crippen LogP contribution in [0.3, 0.4) is 0 Å². The van der Waals surface area contributed by atoms with E-state index in [4.69, 9.17) is 9.84 Å². The van der Waals surface area contributed by atoms with E-state index in [1.807, 2.05) is 0 Å². The minimum absolute atomic E-state index is 0.180. The third-order valence-electron chi connectivity index (χ3n) is 2.33. The molecule has 0 unspecified atom stereocenters. The zero-order valence-corrected chi connectivity index (χ0v) is 8.79. The fourth-order valence-electron chi connectivity index (χ4n) is 1.33. The number of sulfone groups is 1. The van der Waals surface area contributed by atoms with Crippen molar-refractivity contribution in [1.29, 1.82) is 0 Å². The topological polar surface area (TPSA) is 80.7 Å². The maximum absolute atomic E-state index is 11.5. The van der Waals surface area contributed by atoms with Gasteiger partial charge in [-0.25, -0.2) is 8.42 Å². The molecule has 0 spiro atoms. The average Bonchev–Trinajstić information content (AvgIpc) is 2.54. The molecule has 0 aliphatic carbocycles. The standard InChI is InChI=1S/C8H14O5S/c1-6(8(9)10)14(11,12)5-7-3-2-4-13-7/h6-7H,2-5H2,1H3,(H,9,10)/t6-,7-/m0/s1. The largest absolute Gasteiger partial charge is 0.480 e. The highest BCUT2D eigenvalue weighted by Gasteiger charge is 2.31. The van der Waals surface area contributed by atoms with Crippen molar-refractivity contribution >= 4 is 15.8 Å². The van der Waals surface area contributed by atoms with Crippen molar-refractivity contribution in [3.8, 4) is 0 Å². The molecule has 14 heavy (non-hydrogen) atoms. The highest BCUT2D eigenvalue weighted by Crippen LogP contribution is 2.16. The Bertz CT molecular complexity index is 302. The molecular formula is C8H14O5S. The Morgan fingerprint density at radius 2 is 2.29 bits per heavy atom. The number of carboxylic acid groups (broad SMARTS) is 1. The summed E-state index contributed by atoms with van der Waals surface area (Å²) in [6.45, 7) is 1.76. The van der Waals surface area contributed by atoms with Crippen LogP contribution in [0.5, 0.6) is 0 Å². The molecule has 0 amide bonds. The van der Waals surface area contributed by atoms with Crippen molar-refractivity contribution in [1.82, 2.24) is 0 Å². The minimum atomic E-state index is -3.57. The van der Waals surface area contributed by atoms with Gasteiger partial charge in [-0.1, -0.05) is 0 Å². The summed E-state index contributed by atoms with van der Waals surface area (Å²) in [5.41, 5.74) is 0. The fraction of sp³-hybridized carbons (Fsp3) is 0.875. The minimum Gasteiger partial charge on any atom is -0.480 e. The second-order valence-corrected chi connectivity index (χ2v) is 5.81. The Morgan fingerprint density at radius 3 is 2.71 bits per heavy atom. The third kappa shape index (κ3) is 2.68. The van der Waals surface area contributed by atoms with Gasteiger partial charge in [0.05, 0.1) is 11.9 Å². The van der Waals surface area contributed by atoms with Gasteiger partial charge in [0, 0.05) is 6.61 Å². The molecule has 6 heteroatoms. The summed E-state index contributed by atoms with van der Waals surface area (Å²) in [5, 5.41) is 7.23. The van der Waals surface area contributed by atoms with Crippen LogP contribution in [0, 0.1) is 0 Å². The molecule has 0 aromatic carbocycles. The first kappa shape index (κ1) is 11.5. The van der Waals surface area contributed by atoms with E-state index in [1.54, 1.807) is 0 Å². The third-order valence-corrected chi connectivity index (χ3v) is 4.44. The normalized spacial score (nSPS) is 24.8. The van der Waals surface area contributed by atoms with Crippen molar-refractivity contribution in [2.75, 3.05) is 12.4 Å². The Hall–Kier alpha value is -0.620. The zero-order valence-electron chi connectivity index (χ0n) is 7.97. The molecule has 2 atom stereocenters. The molecule has 82 valence electrons. The van der Waals surface area contributed by atoms with Crippen LogP contribution in [0.15, 0.2) is 0 Å². The number of rotatable bonds is 4. The highest BCUT2D eigenvalue weighted by atomic mass is 32.2. The quantitative estimate of drug-likeness (QED) is 0.727. The summed E-state index contributed by atoms with van der Waals surface area (Å²) in [4.78, 5) is 10.5. The van der Waals surface area contributed by atoms with Crippen molar-refractivity contribution in [3.05, 3.63) is 0 Å². The summed E-state index contributed by atoms with van der Waals surface area (Å²) in [6, 6.07) is 0. The first-order valence-electron chi connectivity index (χ1n) is 4.49. The smallest absolute Gasteiger partial charge is 0.321 e. The second kappa shape index (κ2) is 4.27. The first-order chi connectivity index (χ1) is 6.43. The average molecular weight is 222 g/mol. The predicted molar refractivity (Wildman–Crippen MR) is 49.9 cm³/mol. The van der Waals surface area contributed by atoms with Crippen molar-refractivity contribution < 1.29 is 23.1 Å². The van der Waals surface area contributed by atoms with Gasteiger partial charge in [-0.2, -0.15) is 0 Å². The predicted octanol–water partition coefficient (Wildman–Crippen LogP) is 0.0533. The van der Waals surface area contributed by atoms with Gasteiger partial charge in [-0.05, 0) is 19.8 Å². The molecule has 1 aliphatic heterocycles. The maximum atomic E-state index is 11.5. The van der Waals surface area contributed by atoms with Gasteiger partial charge in [0.2, 0.25) is 0 Å². The molecular weight excluding hydrogens is 208 g/mol. The lowest BCUT2D eigenvalue weighted by molar-refractivity contribution is -0.136.